The molecule has 0 aromatic carbocycles. The van der Waals surface area contributed by atoms with Gasteiger partial charge in [0, 0.05) is 0 Å². The van der Waals surface area contributed by atoms with Gasteiger partial charge in [0.15, 0.2) is 0 Å². The van der Waals surface area contributed by atoms with Crippen molar-refractivity contribution in [1.29, 1.82) is 0 Å². The van der Waals surface area contributed by atoms with E-state index in [-0.39, 0.29) is 0 Å². The van der Waals surface area contributed by atoms with Gasteiger partial charge < -0.3 is 0 Å². The number of hydrogen-bond donors (Lipinski definition) is 0. The van der Waals surface area contributed by atoms with E-state index in [0.29, 0.717) is 0 Å². The van der Waals surface area contributed by atoms with Gasteiger partial charge in [-0.05, 0) is 0 Å². The molecule has 0 N–H and O–H groups in total. The molecule has 0 saturated heterocycles. The van der Waals surface area contributed by atoms with Gasteiger partial charge in [-0.25, -0.2) is 0 Å². The molecular weight excluding hydrogens is 159 g/mol. The van der Waals surface area contributed by atoms with Gasteiger partial charge in [-0.1, -0.05) is 0 Å². The maximum atomic E-state index is 10.9. The molecule has 0 atom stereocenters. The molecule has 7 heavy (non-hydrogen) atoms. The van der Waals surface area contributed by atoms with Crippen molar-refractivity contribution in [3.05, 3.63) is 0 Å². The number of halogens is 4. The summed E-state index contributed by atoms with van der Waals surface area (Å²) in [5.41, 5.74) is 0. The van der Waals surface area contributed by atoms with Crippen LogP contribution in [0.15, 0.2) is 0 Å². The first-order valence-electron chi connectivity index (χ1n) is 1.17. The second-order valence-electron chi connectivity index (χ2n) is 0.739. The summed E-state index contributed by atoms with van der Waals surface area (Å²) in [6.07, 6.45) is -4.89. The zero-order valence-electron chi connectivity index (χ0n) is 2.85. The molecule has 0 radical (unpaired) electrons. The van der Waals surface area contributed by atoms with Crippen molar-refractivity contribution in [3.63, 3.8) is 0 Å². The van der Waals surface area contributed by atoms with Gasteiger partial charge in [-0.2, -0.15) is 0 Å². The summed E-state index contributed by atoms with van der Waals surface area (Å²) in [4.78, 5) is 0. The van der Waals surface area contributed by atoms with E-state index in [0.717, 1.165) is 0 Å². The van der Waals surface area contributed by atoms with Crippen LogP contribution in [0.2, 0.25) is 0 Å². The van der Waals surface area contributed by atoms with Crippen LogP contribution < -0.4 is 0 Å². The average Bonchev–Trinajstić information content (AvgIpc) is 1.31. The summed E-state index contributed by atoms with van der Waals surface area (Å²) in [5.74, 6) is 0. The van der Waals surface area contributed by atoms with Crippen LogP contribution in [0.1, 0.15) is 0 Å². The fourth-order valence-electron chi connectivity index (χ4n) is 0. The van der Waals surface area contributed by atoms with Crippen LogP contribution in [-0.2, 0) is 15.3 Å². The number of rotatable bonds is 0. The third kappa shape index (κ3) is 2.75. The Morgan fingerprint density at radius 3 is 1.43 bits per heavy atom. The van der Waals surface area contributed by atoms with Gasteiger partial charge in [-0.3, -0.25) is 0 Å². The van der Waals surface area contributed by atoms with Crippen LogP contribution in [0.3, 0.4) is 0 Å². The second-order valence-corrected chi connectivity index (χ2v) is 1.20. The molecule has 0 spiro atoms. The molecule has 0 heterocycles. The van der Waals surface area contributed by atoms with Crippen molar-refractivity contribution in [2.24, 2.45) is 0 Å². The van der Waals surface area contributed by atoms with Crippen LogP contribution in [0.25, 0.3) is 0 Å². The van der Waals surface area contributed by atoms with Crippen LogP contribution in [0.4, 0.5) is 17.6 Å². The molecular formula is C2CoF4. The summed E-state index contributed by atoms with van der Waals surface area (Å²) in [5, 5.41) is 0. The van der Waals surface area contributed by atoms with E-state index in [4.69, 9.17) is 0 Å². The van der Waals surface area contributed by atoms with Crippen molar-refractivity contribution in [2.45, 2.75) is 6.18 Å². The minimum absolute atomic E-state index is 2.32. The third-order valence-corrected chi connectivity index (χ3v) is 0.497. The van der Waals surface area contributed by atoms with E-state index in [1.807, 2.05) is 0 Å². The quantitative estimate of drug-likeness (QED) is 0.465. The molecule has 0 rings (SSSR count). The summed E-state index contributed by atoms with van der Waals surface area (Å²) in [7, 11) is 0. The summed E-state index contributed by atoms with van der Waals surface area (Å²) in [6, 6.07) is 0. The summed E-state index contributed by atoms with van der Waals surface area (Å²) < 4.78 is 40.6. The molecule has 0 nitrogen and oxygen atoms in total. The van der Waals surface area contributed by atoms with Crippen molar-refractivity contribution in [1.82, 2.24) is 0 Å². The Labute approximate surface area is 44.6 Å². The monoisotopic (exact) mass is 159 g/mol. The SMILES string of the molecule is F[C](=[Co])C(F)(F)F. The molecule has 0 aliphatic rings. The molecule has 0 aromatic rings. The zero-order chi connectivity index (χ0) is 6.08. The van der Waals surface area contributed by atoms with E-state index in [9.17, 15) is 17.6 Å². The molecule has 0 aliphatic heterocycles. The Kier molecular flexibility index (Phi) is 1.94. The van der Waals surface area contributed by atoms with Gasteiger partial charge in [0.25, 0.3) is 0 Å². The van der Waals surface area contributed by atoms with Crippen molar-refractivity contribution < 1.29 is 32.9 Å². The van der Waals surface area contributed by atoms with Gasteiger partial charge in [0.2, 0.25) is 0 Å². The topological polar surface area (TPSA) is 0 Å². The van der Waals surface area contributed by atoms with Crippen LogP contribution in [0, 0.1) is 0 Å². The standard InChI is InChI=1S/C2F4.Co/c3-1-2(4,5)6;. The molecule has 0 aromatic heterocycles. The molecule has 5 heteroatoms. The van der Waals surface area contributed by atoms with Crippen LogP contribution in [0.5, 0.6) is 0 Å². The van der Waals surface area contributed by atoms with Crippen LogP contribution in [-0.4, -0.2) is 10.9 Å². The predicted octanol–water partition coefficient (Wildman–Crippen LogP) is 1.19. The zero-order valence-corrected chi connectivity index (χ0v) is 3.89. The minimum atomic E-state index is -4.89. The predicted molar refractivity (Wildman–Crippen MR) is 12.2 cm³/mol. The van der Waals surface area contributed by atoms with Crippen molar-refractivity contribution >= 4 is 4.71 Å². The molecule has 45 valence electrons. The van der Waals surface area contributed by atoms with E-state index in [1.54, 1.807) is 0 Å². The Bertz CT molecular complexity index is 82.2. The van der Waals surface area contributed by atoms with E-state index >= 15 is 0 Å². The first-order valence-corrected chi connectivity index (χ1v) is 1.69. The molecule has 0 aliphatic carbocycles. The third-order valence-electron chi connectivity index (χ3n) is 0.202. The fourth-order valence-corrected chi connectivity index (χ4v) is 0. The first-order chi connectivity index (χ1) is 2.94. The molecule has 0 fully saturated rings. The van der Waals surface area contributed by atoms with Gasteiger partial charge in [-0.15, -0.1) is 0 Å². The Balaban J connectivity index is 3.79. The second kappa shape index (κ2) is 1.91. The van der Waals surface area contributed by atoms with Gasteiger partial charge >= 0.3 is 43.7 Å². The summed E-state index contributed by atoms with van der Waals surface area (Å²) in [6.45, 7) is 0. The van der Waals surface area contributed by atoms with Crippen molar-refractivity contribution in [2.75, 3.05) is 0 Å². The van der Waals surface area contributed by atoms with E-state index in [1.165, 1.54) is 0 Å². The van der Waals surface area contributed by atoms with Gasteiger partial charge in [0.1, 0.15) is 0 Å². The first kappa shape index (κ1) is 7.10. The van der Waals surface area contributed by atoms with Gasteiger partial charge in [0.05, 0.1) is 0 Å². The summed E-state index contributed by atoms with van der Waals surface area (Å²) >= 11 is 2.45. The number of hydrogen-bond acceptors (Lipinski definition) is 0. The molecule has 0 bridgehead atoms. The van der Waals surface area contributed by atoms with Crippen LogP contribution >= 0.6 is 0 Å². The normalized spacial score (nSPS) is 11.6. The van der Waals surface area contributed by atoms with E-state index < -0.39 is 10.9 Å². The van der Waals surface area contributed by atoms with Crippen molar-refractivity contribution in [3.8, 4) is 0 Å². The molecule has 0 unspecified atom stereocenters. The Morgan fingerprint density at radius 1 is 1.29 bits per heavy atom. The fraction of sp³-hybridized carbons (Fsp3) is 0.500. The Morgan fingerprint density at radius 2 is 1.43 bits per heavy atom. The maximum absolute atomic E-state index is 10.9. The average molecular weight is 159 g/mol. The number of alkyl halides is 3. The van der Waals surface area contributed by atoms with E-state index in [2.05, 4.69) is 15.3 Å². The molecule has 0 amide bonds. The Hall–Kier alpha value is 0.0965. The molecule has 0 saturated carbocycles.